The summed E-state index contributed by atoms with van der Waals surface area (Å²) in [4.78, 5) is 4.31. The molecular formula is C13H13FN2. The molecule has 0 saturated heterocycles. The molecule has 2 nitrogen and oxygen atoms in total. The Bertz CT molecular complexity index is 448. The first-order valence-corrected chi connectivity index (χ1v) is 5.15. The molecule has 1 N–H and O–H groups in total. The molecule has 0 unspecified atom stereocenters. The molecule has 3 heteroatoms. The Labute approximate surface area is 94.2 Å². The van der Waals surface area contributed by atoms with Crippen LogP contribution in [0.25, 0.3) is 11.1 Å². The summed E-state index contributed by atoms with van der Waals surface area (Å²) in [6.45, 7) is 0.754. The van der Waals surface area contributed by atoms with Crippen LogP contribution in [0.1, 0.15) is 5.69 Å². The van der Waals surface area contributed by atoms with Gasteiger partial charge in [0, 0.05) is 18.3 Å². The summed E-state index contributed by atoms with van der Waals surface area (Å²) in [7, 11) is 1.88. The standard InChI is InChI=1S/C13H13FN2/c1-15-9-13-7-4-11(8-16-13)10-2-5-12(14)6-3-10/h2-8,15H,9H2,1H3. The zero-order valence-corrected chi connectivity index (χ0v) is 9.07. The molecule has 0 aliphatic rings. The Hall–Kier alpha value is -1.74. The summed E-state index contributed by atoms with van der Waals surface area (Å²) in [5.74, 6) is -0.219. The Morgan fingerprint density at radius 1 is 1.06 bits per heavy atom. The summed E-state index contributed by atoms with van der Waals surface area (Å²) in [5, 5.41) is 3.04. The molecule has 0 spiro atoms. The Kier molecular flexibility index (Phi) is 3.27. The van der Waals surface area contributed by atoms with Crippen molar-refractivity contribution >= 4 is 0 Å². The predicted octanol–water partition coefficient (Wildman–Crippen LogP) is 2.61. The quantitative estimate of drug-likeness (QED) is 0.853. The van der Waals surface area contributed by atoms with Crippen LogP contribution >= 0.6 is 0 Å². The zero-order valence-electron chi connectivity index (χ0n) is 9.07. The maximum absolute atomic E-state index is 12.7. The van der Waals surface area contributed by atoms with E-state index in [2.05, 4.69) is 10.3 Å². The van der Waals surface area contributed by atoms with Gasteiger partial charge < -0.3 is 5.32 Å². The molecule has 2 rings (SSSR count). The van der Waals surface area contributed by atoms with Crippen LogP contribution in [-0.4, -0.2) is 12.0 Å². The third-order valence-electron chi connectivity index (χ3n) is 2.36. The van der Waals surface area contributed by atoms with Crippen LogP contribution < -0.4 is 5.32 Å². The third kappa shape index (κ3) is 2.44. The van der Waals surface area contributed by atoms with Gasteiger partial charge in [-0.25, -0.2) is 4.39 Å². The van der Waals surface area contributed by atoms with Gasteiger partial charge in [0.25, 0.3) is 0 Å². The van der Waals surface area contributed by atoms with Gasteiger partial charge in [-0.15, -0.1) is 0 Å². The van der Waals surface area contributed by atoms with E-state index in [1.165, 1.54) is 12.1 Å². The number of rotatable bonds is 3. The lowest BCUT2D eigenvalue weighted by Crippen LogP contribution is -2.06. The zero-order chi connectivity index (χ0) is 11.4. The second-order valence-electron chi connectivity index (χ2n) is 3.58. The van der Waals surface area contributed by atoms with Gasteiger partial charge in [0.05, 0.1) is 5.69 Å². The summed E-state index contributed by atoms with van der Waals surface area (Å²) in [5.41, 5.74) is 2.97. The maximum Gasteiger partial charge on any atom is 0.123 e. The van der Waals surface area contributed by atoms with Crippen LogP contribution in [-0.2, 0) is 6.54 Å². The molecule has 1 aromatic heterocycles. The molecule has 82 valence electrons. The van der Waals surface area contributed by atoms with Crippen molar-refractivity contribution in [2.24, 2.45) is 0 Å². The van der Waals surface area contributed by atoms with Crippen molar-refractivity contribution in [3.05, 3.63) is 54.1 Å². The molecule has 0 atom stereocenters. The smallest absolute Gasteiger partial charge is 0.123 e. The fraction of sp³-hybridized carbons (Fsp3) is 0.154. The van der Waals surface area contributed by atoms with Crippen LogP contribution in [0, 0.1) is 5.82 Å². The average Bonchev–Trinajstić information content (AvgIpc) is 2.32. The lowest BCUT2D eigenvalue weighted by molar-refractivity contribution is 0.628. The van der Waals surface area contributed by atoms with Crippen LogP contribution in [0.4, 0.5) is 4.39 Å². The van der Waals surface area contributed by atoms with Gasteiger partial charge in [-0.05, 0) is 30.8 Å². The Balaban J connectivity index is 2.24. The molecule has 1 aromatic carbocycles. The molecule has 0 radical (unpaired) electrons. The minimum atomic E-state index is -0.219. The summed E-state index contributed by atoms with van der Waals surface area (Å²) >= 11 is 0. The number of aromatic nitrogens is 1. The van der Waals surface area contributed by atoms with Gasteiger partial charge in [-0.1, -0.05) is 18.2 Å². The van der Waals surface area contributed by atoms with Crippen molar-refractivity contribution in [2.75, 3.05) is 7.05 Å². The van der Waals surface area contributed by atoms with Crippen molar-refractivity contribution in [3.63, 3.8) is 0 Å². The van der Waals surface area contributed by atoms with E-state index < -0.39 is 0 Å². The maximum atomic E-state index is 12.7. The van der Waals surface area contributed by atoms with Crippen LogP contribution in [0.15, 0.2) is 42.6 Å². The van der Waals surface area contributed by atoms with E-state index in [0.29, 0.717) is 0 Å². The molecular weight excluding hydrogens is 203 g/mol. The first-order valence-electron chi connectivity index (χ1n) is 5.15. The van der Waals surface area contributed by atoms with Gasteiger partial charge >= 0.3 is 0 Å². The monoisotopic (exact) mass is 216 g/mol. The van der Waals surface area contributed by atoms with E-state index in [9.17, 15) is 4.39 Å². The lowest BCUT2D eigenvalue weighted by atomic mass is 10.1. The molecule has 16 heavy (non-hydrogen) atoms. The van der Waals surface area contributed by atoms with Crippen molar-refractivity contribution in [1.29, 1.82) is 0 Å². The second-order valence-corrected chi connectivity index (χ2v) is 3.58. The second kappa shape index (κ2) is 4.86. The van der Waals surface area contributed by atoms with E-state index in [1.807, 2.05) is 19.2 Å². The molecule has 0 fully saturated rings. The SMILES string of the molecule is CNCc1ccc(-c2ccc(F)cc2)cn1. The number of nitrogens with one attached hydrogen (secondary N) is 1. The van der Waals surface area contributed by atoms with Gasteiger partial charge in [0.2, 0.25) is 0 Å². The fourth-order valence-corrected chi connectivity index (χ4v) is 1.52. The Morgan fingerprint density at radius 2 is 1.75 bits per heavy atom. The third-order valence-corrected chi connectivity index (χ3v) is 2.36. The minimum absolute atomic E-state index is 0.219. The number of nitrogens with zero attached hydrogens (tertiary/aromatic N) is 1. The Morgan fingerprint density at radius 3 is 2.31 bits per heavy atom. The van der Waals surface area contributed by atoms with E-state index in [0.717, 1.165) is 23.4 Å². The molecule has 0 saturated carbocycles. The summed E-state index contributed by atoms with van der Waals surface area (Å²) in [6.07, 6.45) is 1.81. The van der Waals surface area contributed by atoms with Crippen molar-refractivity contribution in [1.82, 2.24) is 10.3 Å². The number of hydrogen-bond donors (Lipinski definition) is 1. The first kappa shape index (κ1) is 10.8. The summed E-state index contributed by atoms with van der Waals surface area (Å²) in [6, 6.07) is 10.4. The van der Waals surface area contributed by atoms with Gasteiger partial charge in [-0.2, -0.15) is 0 Å². The van der Waals surface area contributed by atoms with E-state index in [-0.39, 0.29) is 5.82 Å². The number of pyridine rings is 1. The van der Waals surface area contributed by atoms with Crippen molar-refractivity contribution in [2.45, 2.75) is 6.54 Å². The minimum Gasteiger partial charge on any atom is -0.314 e. The van der Waals surface area contributed by atoms with Crippen molar-refractivity contribution < 1.29 is 4.39 Å². The van der Waals surface area contributed by atoms with Gasteiger partial charge in [0.1, 0.15) is 5.82 Å². The largest absolute Gasteiger partial charge is 0.314 e. The predicted molar refractivity (Wildman–Crippen MR) is 62.4 cm³/mol. The molecule has 0 aliphatic heterocycles. The molecule has 1 heterocycles. The van der Waals surface area contributed by atoms with Crippen molar-refractivity contribution in [3.8, 4) is 11.1 Å². The highest BCUT2D eigenvalue weighted by Gasteiger charge is 1.99. The van der Waals surface area contributed by atoms with Crippen LogP contribution in [0.2, 0.25) is 0 Å². The van der Waals surface area contributed by atoms with Crippen LogP contribution in [0.3, 0.4) is 0 Å². The molecule has 0 amide bonds. The number of halogens is 1. The fourth-order valence-electron chi connectivity index (χ4n) is 1.52. The van der Waals surface area contributed by atoms with Gasteiger partial charge in [0.15, 0.2) is 0 Å². The number of benzene rings is 1. The normalized spacial score (nSPS) is 10.4. The highest BCUT2D eigenvalue weighted by atomic mass is 19.1. The van der Waals surface area contributed by atoms with Crippen LogP contribution in [0.5, 0.6) is 0 Å². The average molecular weight is 216 g/mol. The topological polar surface area (TPSA) is 24.9 Å². The molecule has 0 bridgehead atoms. The highest BCUT2D eigenvalue weighted by Crippen LogP contribution is 2.18. The number of hydrogen-bond acceptors (Lipinski definition) is 2. The highest BCUT2D eigenvalue weighted by molar-refractivity contribution is 5.62. The van der Waals surface area contributed by atoms with E-state index in [4.69, 9.17) is 0 Å². The summed E-state index contributed by atoms with van der Waals surface area (Å²) < 4.78 is 12.7. The first-order chi connectivity index (χ1) is 7.79. The lowest BCUT2D eigenvalue weighted by Gasteiger charge is -2.03. The van der Waals surface area contributed by atoms with E-state index >= 15 is 0 Å². The van der Waals surface area contributed by atoms with Gasteiger partial charge in [-0.3, -0.25) is 4.98 Å². The molecule has 2 aromatic rings. The molecule has 0 aliphatic carbocycles. The van der Waals surface area contributed by atoms with E-state index in [1.54, 1.807) is 18.3 Å².